The van der Waals surface area contributed by atoms with E-state index < -0.39 is 0 Å². The fourth-order valence-corrected chi connectivity index (χ4v) is 1.32. The molecule has 16 heavy (non-hydrogen) atoms. The zero-order chi connectivity index (χ0) is 11.5. The minimum absolute atomic E-state index is 0.565. The van der Waals surface area contributed by atoms with E-state index in [-0.39, 0.29) is 0 Å². The Morgan fingerprint density at radius 3 is 2.44 bits per heavy atom. The highest BCUT2D eigenvalue weighted by atomic mass is 16.5. The highest BCUT2D eigenvalue weighted by molar-refractivity contribution is 5.46. The molecule has 1 heterocycles. The van der Waals surface area contributed by atoms with Crippen LogP contribution in [-0.2, 0) is 0 Å². The Morgan fingerprint density at radius 2 is 1.81 bits per heavy atom. The number of aromatic nitrogens is 1. The van der Waals surface area contributed by atoms with Crippen molar-refractivity contribution in [1.82, 2.24) is 4.98 Å². The zero-order valence-electron chi connectivity index (χ0n) is 9.40. The van der Waals surface area contributed by atoms with E-state index >= 15 is 0 Å². The first kappa shape index (κ1) is 10.5. The Balaban J connectivity index is 2.20. The third kappa shape index (κ3) is 2.31. The van der Waals surface area contributed by atoms with E-state index in [9.17, 15) is 0 Å². The first-order chi connectivity index (χ1) is 7.65. The number of hydrogen-bond donors (Lipinski definition) is 1. The van der Waals surface area contributed by atoms with Gasteiger partial charge in [-0.25, -0.2) is 4.98 Å². The molecule has 1 aromatic carbocycles. The van der Waals surface area contributed by atoms with Gasteiger partial charge in [0, 0.05) is 6.07 Å². The first-order valence-electron chi connectivity index (χ1n) is 5.12. The number of nitrogens with two attached hydrogens (primary N) is 1. The quantitative estimate of drug-likeness (QED) is 0.835. The molecular weight excluding hydrogens is 200 g/mol. The summed E-state index contributed by atoms with van der Waals surface area (Å²) in [5, 5.41) is 0. The zero-order valence-corrected chi connectivity index (χ0v) is 9.40. The van der Waals surface area contributed by atoms with E-state index in [4.69, 9.17) is 10.5 Å². The highest BCUT2D eigenvalue weighted by Crippen LogP contribution is 2.22. The number of rotatable bonds is 2. The lowest BCUT2D eigenvalue weighted by Crippen LogP contribution is -1.93. The summed E-state index contributed by atoms with van der Waals surface area (Å²) >= 11 is 0. The molecule has 0 radical (unpaired) electrons. The Labute approximate surface area is 94.9 Å². The van der Waals surface area contributed by atoms with Crippen molar-refractivity contribution in [3.63, 3.8) is 0 Å². The second-order valence-electron chi connectivity index (χ2n) is 3.79. The van der Waals surface area contributed by atoms with Crippen molar-refractivity contribution in [3.05, 3.63) is 47.7 Å². The van der Waals surface area contributed by atoms with Crippen LogP contribution in [0.1, 0.15) is 11.1 Å². The average Bonchev–Trinajstić information content (AvgIpc) is 2.27. The maximum absolute atomic E-state index is 5.68. The van der Waals surface area contributed by atoms with Gasteiger partial charge in [-0.1, -0.05) is 17.7 Å². The van der Waals surface area contributed by atoms with E-state index in [0.29, 0.717) is 11.6 Å². The molecule has 0 unspecified atom stereocenters. The maximum atomic E-state index is 5.68. The minimum Gasteiger partial charge on any atom is -0.439 e. The smallest absolute Gasteiger partial charge is 0.219 e. The monoisotopic (exact) mass is 214 g/mol. The molecule has 1 aromatic heterocycles. The molecule has 0 aliphatic heterocycles. The first-order valence-corrected chi connectivity index (χ1v) is 5.12. The lowest BCUT2D eigenvalue weighted by Gasteiger charge is -2.06. The van der Waals surface area contributed by atoms with Crippen molar-refractivity contribution in [3.8, 4) is 11.6 Å². The van der Waals surface area contributed by atoms with Gasteiger partial charge in [0.15, 0.2) is 0 Å². The number of nitrogen functional groups attached to an aromatic ring is 1. The standard InChI is InChI=1S/C13H14N2O/c1-9-3-5-11(6-4-9)16-13-7-10(2)12(14)8-15-13/h3-8H,14H2,1-2H3. The van der Waals surface area contributed by atoms with Crippen LogP contribution in [0, 0.1) is 13.8 Å². The van der Waals surface area contributed by atoms with Gasteiger partial charge in [-0.05, 0) is 31.5 Å². The molecule has 2 rings (SSSR count). The van der Waals surface area contributed by atoms with Crippen molar-refractivity contribution in [2.45, 2.75) is 13.8 Å². The van der Waals surface area contributed by atoms with Crippen LogP contribution in [0.5, 0.6) is 11.6 Å². The molecule has 0 fully saturated rings. The lowest BCUT2D eigenvalue weighted by molar-refractivity contribution is 0.462. The number of nitrogens with zero attached hydrogens (tertiary/aromatic N) is 1. The second-order valence-corrected chi connectivity index (χ2v) is 3.79. The fraction of sp³-hybridized carbons (Fsp3) is 0.154. The SMILES string of the molecule is Cc1ccc(Oc2cc(C)c(N)cn2)cc1. The molecule has 0 aliphatic rings. The van der Waals surface area contributed by atoms with Gasteiger partial charge in [0.25, 0.3) is 0 Å². The van der Waals surface area contributed by atoms with E-state index in [1.165, 1.54) is 5.56 Å². The van der Waals surface area contributed by atoms with Crippen molar-refractivity contribution in [1.29, 1.82) is 0 Å². The summed E-state index contributed by atoms with van der Waals surface area (Å²) in [4.78, 5) is 4.11. The van der Waals surface area contributed by atoms with Gasteiger partial charge < -0.3 is 10.5 Å². The predicted octanol–water partition coefficient (Wildman–Crippen LogP) is 3.07. The predicted molar refractivity (Wildman–Crippen MR) is 64.6 cm³/mol. The minimum atomic E-state index is 0.565. The molecule has 0 spiro atoms. The van der Waals surface area contributed by atoms with Gasteiger partial charge in [0.2, 0.25) is 5.88 Å². The summed E-state index contributed by atoms with van der Waals surface area (Å²) in [6.07, 6.45) is 1.61. The van der Waals surface area contributed by atoms with Gasteiger partial charge >= 0.3 is 0 Å². The molecule has 2 N–H and O–H groups in total. The van der Waals surface area contributed by atoms with Gasteiger partial charge in [-0.3, -0.25) is 0 Å². The number of anilines is 1. The summed E-state index contributed by atoms with van der Waals surface area (Å²) < 4.78 is 5.60. The Hall–Kier alpha value is -2.03. The van der Waals surface area contributed by atoms with E-state index in [2.05, 4.69) is 4.98 Å². The summed E-state index contributed by atoms with van der Waals surface area (Å²) in [5.74, 6) is 1.35. The number of hydrogen-bond acceptors (Lipinski definition) is 3. The molecule has 2 aromatic rings. The number of ether oxygens (including phenoxy) is 1. The molecule has 0 saturated carbocycles. The number of aryl methyl sites for hydroxylation is 2. The molecule has 0 amide bonds. The Morgan fingerprint density at radius 1 is 1.12 bits per heavy atom. The van der Waals surface area contributed by atoms with Crippen LogP contribution >= 0.6 is 0 Å². The van der Waals surface area contributed by atoms with Gasteiger partial charge in [-0.2, -0.15) is 0 Å². The van der Waals surface area contributed by atoms with Crippen molar-refractivity contribution >= 4 is 5.69 Å². The number of pyridine rings is 1. The molecule has 0 saturated heterocycles. The molecule has 0 aliphatic carbocycles. The van der Waals surface area contributed by atoms with Crippen LogP contribution in [0.2, 0.25) is 0 Å². The molecule has 3 heteroatoms. The number of benzene rings is 1. The van der Waals surface area contributed by atoms with E-state index in [1.807, 2.05) is 44.2 Å². The normalized spacial score (nSPS) is 10.1. The van der Waals surface area contributed by atoms with Crippen LogP contribution in [0.15, 0.2) is 36.5 Å². The van der Waals surface area contributed by atoms with Crippen molar-refractivity contribution < 1.29 is 4.74 Å². The van der Waals surface area contributed by atoms with E-state index in [1.54, 1.807) is 6.20 Å². The largest absolute Gasteiger partial charge is 0.439 e. The summed E-state index contributed by atoms with van der Waals surface area (Å²) in [6.45, 7) is 3.97. The maximum Gasteiger partial charge on any atom is 0.219 e. The molecular formula is C13H14N2O. The molecule has 0 bridgehead atoms. The molecule has 3 nitrogen and oxygen atoms in total. The van der Waals surface area contributed by atoms with Crippen molar-refractivity contribution in [2.75, 3.05) is 5.73 Å². The molecule has 0 atom stereocenters. The highest BCUT2D eigenvalue weighted by Gasteiger charge is 2.00. The van der Waals surface area contributed by atoms with Crippen molar-refractivity contribution in [2.24, 2.45) is 0 Å². The topological polar surface area (TPSA) is 48.1 Å². The summed E-state index contributed by atoms with van der Waals surface area (Å²) in [7, 11) is 0. The summed E-state index contributed by atoms with van der Waals surface area (Å²) in [6, 6.07) is 9.67. The van der Waals surface area contributed by atoms with Crippen LogP contribution in [0.4, 0.5) is 5.69 Å². The van der Waals surface area contributed by atoms with Crippen LogP contribution in [-0.4, -0.2) is 4.98 Å². The van der Waals surface area contributed by atoms with Gasteiger partial charge in [0.05, 0.1) is 11.9 Å². The van der Waals surface area contributed by atoms with Gasteiger partial charge in [0.1, 0.15) is 5.75 Å². The Bertz CT molecular complexity index is 492. The third-order valence-electron chi connectivity index (χ3n) is 2.37. The van der Waals surface area contributed by atoms with Gasteiger partial charge in [-0.15, -0.1) is 0 Å². The average molecular weight is 214 g/mol. The summed E-state index contributed by atoms with van der Waals surface area (Å²) in [5.41, 5.74) is 8.53. The van der Waals surface area contributed by atoms with E-state index in [0.717, 1.165) is 11.3 Å². The van der Waals surface area contributed by atoms with Crippen LogP contribution in [0.3, 0.4) is 0 Å². The third-order valence-corrected chi connectivity index (χ3v) is 2.37. The van der Waals surface area contributed by atoms with Crippen LogP contribution in [0.25, 0.3) is 0 Å². The lowest BCUT2D eigenvalue weighted by atomic mass is 10.2. The Kier molecular flexibility index (Phi) is 2.77. The molecule has 82 valence electrons. The second kappa shape index (κ2) is 4.23. The fourth-order valence-electron chi connectivity index (χ4n) is 1.32. The van der Waals surface area contributed by atoms with Crippen LogP contribution < -0.4 is 10.5 Å².